The standard InChI is InChI=1S/C25H27N5O4S/c1-14-10-11-15(2)21(12-14)35(33,34)29-20-9-7-6-8-18(20)24(31)26-13-19-16(3)22-23(27-17(19)4)30(5)28-25(22)32/h6-12,29H,13H2,1-5H3,(H,26,31)(H,28,32). The van der Waals surface area contributed by atoms with Crippen molar-refractivity contribution in [2.24, 2.45) is 7.05 Å². The molecule has 0 saturated heterocycles. The highest BCUT2D eigenvalue weighted by molar-refractivity contribution is 7.92. The van der Waals surface area contributed by atoms with Crippen LogP contribution >= 0.6 is 0 Å². The molecule has 1 amide bonds. The first kappa shape index (κ1) is 24.2. The van der Waals surface area contributed by atoms with Gasteiger partial charge in [-0.25, -0.2) is 13.4 Å². The zero-order valence-corrected chi connectivity index (χ0v) is 21.0. The van der Waals surface area contributed by atoms with E-state index in [1.54, 1.807) is 55.1 Å². The van der Waals surface area contributed by atoms with Crippen LogP contribution in [0.4, 0.5) is 5.69 Å². The Morgan fingerprint density at radius 2 is 1.80 bits per heavy atom. The van der Waals surface area contributed by atoms with Crippen molar-refractivity contribution in [3.63, 3.8) is 0 Å². The number of aryl methyl sites for hydroxylation is 5. The summed E-state index contributed by atoms with van der Waals surface area (Å²) in [6.07, 6.45) is 0. The highest BCUT2D eigenvalue weighted by Gasteiger charge is 2.21. The number of amides is 1. The van der Waals surface area contributed by atoms with Crippen molar-refractivity contribution in [3.05, 3.63) is 86.3 Å². The molecule has 2 aromatic carbocycles. The van der Waals surface area contributed by atoms with E-state index in [4.69, 9.17) is 0 Å². The fourth-order valence-electron chi connectivity index (χ4n) is 4.14. The van der Waals surface area contributed by atoms with Gasteiger partial charge < -0.3 is 5.32 Å². The zero-order valence-electron chi connectivity index (χ0n) is 20.2. The quantitative estimate of drug-likeness (QED) is 0.380. The molecule has 0 aliphatic rings. The smallest absolute Gasteiger partial charge is 0.273 e. The second-order valence-electron chi connectivity index (χ2n) is 8.60. The van der Waals surface area contributed by atoms with E-state index in [2.05, 4.69) is 20.1 Å². The maximum absolute atomic E-state index is 13.1. The van der Waals surface area contributed by atoms with Crippen molar-refractivity contribution in [2.45, 2.75) is 39.1 Å². The predicted molar refractivity (Wildman–Crippen MR) is 135 cm³/mol. The molecule has 4 rings (SSSR count). The number of H-pyrrole nitrogens is 1. The lowest BCUT2D eigenvalue weighted by Crippen LogP contribution is -2.26. The number of nitrogens with one attached hydrogen (secondary N) is 3. The topological polar surface area (TPSA) is 126 Å². The van der Waals surface area contributed by atoms with Crippen LogP contribution in [0.5, 0.6) is 0 Å². The van der Waals surface area contributed by atoms with Gasteiger partial charge in [0.2, 0.25) is 0 Å². The van der Waals surface area contributed by atoms with Gasteiger partial charge in [0.15, 0.2) is 5.65 Å². The highest BCUT2D eigenvalue weighted by Crippen LogP contribution is 2.24. The second kappa shape index (κ2) is 9.03. The van der Waals surface area contributed by atoms with Gasteiger partial charge in [0.1, 0.15) is 0 Å². The maximum Gasteiger partial charge on any atom is 0.273 e. The van der Waals surface area contributed by atoms with Crippen LogP contribution in [0.25, 0.3) is 11.0 Å². The van der Waals surface area contributed by atoms with Gasteiger partial charge in [0.05, 0.1) is 21.5 Å². The van der Waals surface area contributed by atoms with Crippen LogP contribution in [0.2, 0.25) is 0 Å². The molecule has 3 N–H and O–H groups in total. The van der Waals surface area contributed by atoms with Crippen LogP contribution < -0.4 is 15.6 Å². The average Bonchev–Trinajstić information content (AvgIpc) is 3.08. The van der Waals surface area contributed by atoms with Gasteiger partial charge in [-0.3, -0.25) is 24.1 Å². The molecular weight excluding hydrogens is 466 g/mol. The maximum atomic E-state index is 13.1. The minimum Gasteiger partial charge on any atom is -0.348 e. The molecular formula is C25H27N5O4S. The molecule has 9 nitrogen and oxygen atoms in total. The van der Waals surface area contributed by atoms with E-state index < -0.39 is 15.9 Å². The molecule has 0 spiro atoms. The number of sulfonamides is 1. The molecule has 0 unspecified atom stereocenters. The van der Waals surface area contributed by atoms with Crippen molar-refractivity contribution in [1.82, 2.24) is 20.1 Å². The summed E-state index contributed by atoms with van der Waals surface area (Å²) in [6, 6.07) is 11.6. The Hall–Kier alpha value is -3.92. The van der Waals surface area contributed by atoms with Crippen LogP contribution in [0, 0.1) is 27.7 Å². The summed E-state index contributed by atoms with van der Waals surface area (Å²) in [4.78, 5) is 30.1. The molecule has 0 saturated carbocycles. The van der Waals surface area contributed by atoms with Crippen LogP contribution in [-0.4, -0.2) is 29.1 Å². The summed E-state index contributed by atoms with van der Waals surface area (Å²) in [7, 11) is -2.19. The molecule has 182 valence electrons. The molecule has 2 aromatic heterocycles. The lowest BCUT2D eigenvalue weighted by atomic mass is 10.0. The first-order valence-electron chi connectivity index (χ1n) is 11.0. The molecule has 0 radical (unpaired) electrons. The summed E-state index contributed by atoms with van der Waals surface area (Å²) < 4.78 is 30.3. The molecule has 0 atom stereocenters. The summed E-state index contributed by atoms with van der Waals surface area (Å²) in [5.74, 6) is -0.454. The Bertz CT molecular complexity index is 1630. The minimum absolute atomic E-state index is 0.131. The third kappa shape index (κ3) is 4.57. The lowest BCUT2D eigenvalue weighted by molar-refractivity contribution is 0.0951. The molecule has 2 heterocycles. The first-order valence-corrected chi connectivity index (χ1v) is 12.5. The molecule has 0 bridgehead atoms. The van der Waals surface area contributed by atoms with Gasteiger partial charge in [0, 0.05) is 19.3 Å². The Morgan fingerprint density at radius 3 is 2.54 bits per heavy atom. The number of pyridine rings is 1. The molecule has 0 fully saturated rings. The largest absolute Gasteiger partial charge is 0.348 e. The summed E-state index contributed by atoms with van der Waals surface area (Å²) >= 11 is 0. The summed E-state index contributed by atoms with van der Waals surface area (Å²) in [5.41, 5.74) is 4.24. The molecule has 10 heteroatoms. The van der Waals surface area contributed by atoms with Crippen LogP contribution in [0.15, 0.2) is 52.2 Å². The highest BCUT2D eigenvalue weighted by atomic mass is 32.2. The van der Waals surface area contributed by atoms with E-state index in [1.807, 2.05) is 26.8 Å². The van der Waals surface area contributed by atoms with Gasteiger partial charge >= 0.3 is 0 Å². The third-order valence-corrected chi connectivity index (χ3v) is 7.56. The fourth-order valence-corrected chi connectivity index (χ4v) is 5.55. The Kier molecular flexibility index (Phi) is 6.25. The van der Waals surface area contributed by atoms with Gasteiger partial charge in [0.25, 0.3) is 21.5 Å². The molecule has 0 aliphatic heterocycles. The van der Waals surface area contributed by atoms with E-state index in [1.165, 1.54) is 0 Å². The zero-order chi connectivity index (χ0) is 25.5. The number of aromatic nitrogens is 3. The van der Waals surface area contributed by atoms with Crippen LogP contribution in [0.1, 0.15) is 38.3 Å². The number of anilines is 1. The molecule has 35 heavy (non-hydrogen) atoms. The van der Waals surface area contributed by atoms with Crippen molar-refractivity contribution in [1.29, 1.82) is 0 Å². The monoisotopic (exact) mass is 493 g/mol. The number of carbonyl (C=O) groups is 1. The number of nitrogens with zero attached hydrogens (tertiary/aromatic N) is 2. The van der Waals surface area contributed by atoms with E-state index in [9.17, 15) is 18.0 Å². The van der Waals surface area contributed by atoms with Crippen molar-refractivity contribution in [2.75, 3.05) is 4.72 Å². The van der Waals surface area contributed by atoms with E-state index >= 15 is 0 Å². The number of aromatic amines is 1. The van der Waals surface area contributed by atoms with Gasteiger partial charge in [-0.15, -0.1) is 0 Å². The number of rotatable bonds is 6. The number of benzene rings is 2. The van der Waals surface area contributed by atoms with E-state index in [-0.39, 0.29) is 28.3 Å². The minimum atomic E-state index is -3.91. The number of carbonyl (C=O) groups excluding carboxylic acids is 1. The number of fused-ring (bicyclic) bond motifs is 1. The number of hydrogen-bond donors (Lipinski definition) is 3. The van der Waals surface area contributed by atoms with Gasteiger partial charge in [-0.05, 0) is 68.1 Å². The summed E-state index contributed by atoms with van der Waals surface area (Å²) in [5, 5.41) is 6.02. The Balaban J connectivity index is 1.61. The van der Waals surface area contributed by atoms with Gasteiger partial charge in [-0.2, -0.15) is 0 Å². The third-order valence-electron chi connectivity index (χ3n) is 6.05. The number of para-hydroxylation sites is 1. The SMILES string of the molecule is Cc1ccc(C)c(S(=O)(=O)Nc2ccccc2C(=O)NCc2c(C)nc3c(c2C)c(=O)[nH]n3C)c1. The average molecular weight is 494 g/mol. The predicted octanol–water partition coefficient (Wildman–Crippen LogP) is 3.23. The van der Waals surface area contributed by atoms with Crippen molar-refractivity contribution < 1.29 is 13.2 Å². The fraction of sp³-hybridized carbons (Fsp3) is 0.240. The first-order chi connectivity index (χ1) is 16.5. The Labute approximate surface area is 203 Å². The molecule has 0 aliphatic carbocycles. The Morgan fingerprint density at radius 1 is 1.09 bits per heavy atom. The van der Waals surface area contributed by atoms with Crippen LogP contribution in [0.3, 0.4) is 0 Å². The van der Waals surface area contributed by atoms with Crippen molar-refractivity contribution >= 4 is 32.7 Å². The number of hydrogen-bond acceptors (Lipinski definition) is 5. The molecule has 4 aromatic rings. The van der Waals surface area contributed by atoms with E-state index in [0.717, 1.165) is 16.7 Å². The van der Waals surface area contributed by atoms with Crippen LogP contribution in [-0.2, 0) is 23.6 Å². The second-order valence-corrected chi connectivity index (χ2v) is 10.3. The van der Waals surface area contributed by atoms with E-state index in [0.29, 0.717) is 22.3 Å². The van der Waals surface area contributed by atoms with Gasteiger partial charge in [-0.1, -0.05) is 24.3 Å². The normalized spacial score (nSPS) is 11.6. The van der Waals surface area contributed by atoms with Crippen molar-refractivity contribution in [3.8, 4) is 0 Å². The summed E-state index contributed by atoms with van der Waals surface area (Å²) in [6.45, 7) is 7.31. The lowest BCUT2D eigenvalue weighted by Gasteiger charge is -2.15.